The number of hydrogen-bond donors (Lipinski definition) is 0. The van der Waals surface area contributed by atoms with Crippen molar-refractivity contribution in [3.8, 4) is 0 Å². The Balaban J connectivity index is 1.64. The highest BCUT2D eigenvalue weighted by molar-refractivity contribution is 5.63. The second kappa shape index (κ2) is 5.71. The molecule has 1 aliphatic rings. The Hall–Kier alpha value is -2.65. The zero-order chi connectivity index (χ0) is 17.6. The molecule has 0 saturated carbocycles. The number of piperidine rings is 1. The quantitative estimate of drug-likeness (QED) is 0.709. The molecule has 1 saturated heterocycles. The smallest absolute Gasteiger partial charge is 0.353 e. The second-order valence-electron chi connectivity index (χ2n) is 6.19. The Morgan fingerprint density at radius 2 is 2.12 bits per heavy atom. The number of rotatable bonds is 2. The number of aryl methyl sites for hydroxylation is 1. The van der Waals surface area contributed by atoms with Gasteiger partial charge < -0.3 is 9.47 Å². The van der Waals surface area contributed by atoms with Gasteiger partial charge in [0.1, 0.15) is 12.2 Å². The van der Waals surface area contributed by atoms with E-state index < -0.39 is 11.9 Å². The highest BCUT2D eigenvalue weighted by atomic mass is 19.4. The summed E-state index contributed by atoms with van der Waals surface area (Å²) in [5.41, 5.74) is -0.209. The fraction of sp³-hybridized carbons (Fsp3) is 0.467. The molecule has 132 valence electrons. The molecule has 0 amide bonds. The molecule has 3 aromatic heterocycles. The molecule has 1 fully saturated rings. The van der Waals surface area contributed by atoms with Crippen molar-refractivity contribution in [2.75, 3.05) is 18.0 Å². The lowest BCUT2D eigenvalue weighted by Crippen LogP contribution is -2.36. The maximum atomic E-state index is 12.9. The van der Waals surface area contributed by atoms with Crippen molar-refractivity contribution in [2.24, 2.45) is 7.05 Å². The summed E-state index contributed by atoms with van der Waals surface area (Å²) in [4.78, 5) is 10.3. The van der Waals surface area contributed by atoms with E-state index in [2.05, 4.69) is 20.2 Å². The Kier molecular flexibility index (Phi) is 3.62. The van der Waals surface area contributed by atoms with Gasteiger partial charge in [-0.1, -0.05) is 0 Å². The van der Waals surface area contributed by atoms with Crippen molar-refractivity contribution in [1.82, 2.24) is 29.1 Å². The van der Waals surface area contributed by atoms with E-state index in [9.17, 15) is 13.2 Å². The molecule has 7 nitrogen and oxygen atoms in total. The third-order valence-electron chi connectivity index (χ3n) is 4.49. The minimum Gasteiger partial charge on any atom is -0.353 e. The van der Waals surface area contributed by atoms with Crippen LogP contribution in [0, 0.1) is 0 Å². The van der Waals surface area contributed by atoms with Gasteiger partial charge in [-0.15, -0.1) is 10.2 Å². The van der Waals surface area contributed by atoms with E-state index >= 15 is 0 Å². The van der Waals surface area contributed by atoms with Gasteiger partial charge in [0.2, 0.25) is 5.65 Å². The van der Waals surface area contributed by atoms with E-state index in [0.717, 1.165) is 25.6 Å². The van der Waals surface area contributed by atoms with Crippen LogP contribution in [0.1, 0.15) is 30.3 Å². The van der Waals surface area contributed by atoms with Crippen molar-refractivity contribution in [3.05, 3.63) is 36.4 Å². The van der Waals surface area contributed by atoms with Gasteiger partial charge in [-0.2, -0.15) is 13.2 Å². The van der Waals surface area contributed by atoms with Gasteiger partial charge >= 0.3 is 6.18 Å². The monoisotopic (exact) mass is 351 g/mol. The number of alkyl halides is 3. The third kappa shape index (κ3) is 2.81. The molecule has 4 heterocycles. The van der Waals surface area contributed by atoms with E-state index in [-0.39, 0.29) is 5.92 Å². The SMILES string of the molecule is Cn1cc(C(F)(F)F)nc1C1CCCN(c2nccn3cnnc23)C1. The molecule has 10 heteroatoms. The predicted molar refractivity (Wildman–Crippen MR) is 83.2 cm³/mol. The summed E-state index contributed by atoms with van der Waals surface area (Å²) in [7, 11) is 1.61. The van der Waals surface area contributed by atoms with Gasteiger partial charge in [0.15, 0.2) is 11.5 Å². The Bertz CT molecular complexity index is 898. The fourth-order valence-corrected chi connectivity index (χ4v) is 3.35. The predicted octanol–water partition coefficient (Wildman–Crippen LogP) is 2.26. The van der Waals surface area contributed by atoms with Crippen LogP contribution < -0.4 is 4.90 Å². The topological polar surface area (TPSA) is 64.1 Å². The van der Waals surface area contributed by atoms with Crippen LogP contribution in [0.25, 0.3) is 5.65 Å². The first-order chi connectivity index (χ1) is 11.9. The lowest BCUT2D eigenvalue weighted by Gasteiger charge is -2.33. The van der Waals surface area contributed by atoms with Crippen LogP contribution in [0.4, 0.5) is 19.0 Å². The lowest BCUT2D eigenvalue weighted by molar-refractivity contribution is -0.141. The van der Waals surface area contributed by atoms with E-state index in [0.29, 0.717) is 23.8 Å². The average Bonchev–Trinajstić information content (AvgIpc) is 3.20. The van der Waals surface area contributed by atoms with E-state index in [4.69, 9.17) is 0 Å². The molecule has 0 bridgehead atoms. The Morgan fingerprint density at radius 1 is 1.28 bits per heavy atom. The molecular formula is C15H16F3N7. The van der Waals surface area contributed by atoms with Gasteiger partial charge in [-0.25, -0.2) is 9.97 Å². The molecule has 1 unspecified atom stereocenters. The number of fused-ring (bicyclic) bond motifs is 1. The average molecular weight is 351 g/mol. The Labute approximate surface area is 141 Å². The van der Waals surface area contributed by atoms with Crippen LogP contribution >= 0.6 is 0 Å². The van der Waals surface area contributed by atoms with Crippen LogP contribution in [0.15, 0.2) is 24.9 Å². The molecule has 25 heavy (non-hydrogen) atoms. The van der Waals surface area contributed by atoms with Gasteiger partial charge in [0.05, 0.1) is 0 Å². The highest BCUT2D eigenvalue weighted by Crippen LogP contribution is 2.33. The number of aromatic nitrogens is 6. The van der Waals surface area contributed by atoms with Crippen molar-refractivity contribution in [3.63, 3.8) is 0 Å². The standard InChI is InChI=1S/C15H16F3N7/c1-23-8-11(15(16,17)18)21-12(23)10-3-2-5-24(7-10)13-14-22-20-9-25(14)6-4-19-13/h4,6,8-10H,2-3,5,7H2,1H3. The maximum Gasteiger partial charge on any atom is 0.434 e. The molecule has 0 radical (unpaired) electrons. The van der Waals surface area contributed by atoms with E-state index in [1.807, 2.05) is 4.90 Å². The lowest BCUT2D eigenvalue weighted by atomic mass is 9.97. The summed E-state index contributed by atoms with van der Waals surface area (Å²) in [6.07, 6.45) is 3.26. The molecule has 0 spiro atoms. The third-order valence-corrected chi connectivity index (χ3v) is 4.49. The number of nitrogens with zero attached hydrogens (tertiary/aromatic N) is 7. The van der Waals surface area contributed by atoms with Crippen molar-refractivity contribution in [1.29, 1.82) is 0 Å². The van der Waals surface area contributed by atoms with Gasteiger partial charge in [-0.05, 0) is 12.8 Å². The fourth-order valence-electron chi connectivity index (χ4n) is 3.35. The molecule has 0 aromatic carbocycles. The Morgan fingerprint density at radius 3 is 2.88 bits per heavy atom. The van der Waals surface area contributed by atoms with Gasteiger partial charge in [0.25, 0.3) is 0 Å². The first-order valence-electron chi connectivity index (χ1n) is 7.93. The summed E-state index contributed by atoms with van der Waals surface area (Å²) in [6.45, 7) is 1.31. The first kappa shape index (κ1) is 15.9. The first-order valence-corrected chi connectivity index (χ1v) is 7.93. The molecule has 1 aliphatic heterocycles. The number of halogens is 3. The summed E-state index contributed by atoms with van der Waals surface area (Å²) in [5.74, 6) is 1.04. The normalized spacial score (nSPS) is 18.9. The van der Waals surface area contributed by atoms with Gasteiger partial charge in [0, 0.05) is 44.6 Å². The molecule has 0 aliphatic carbocycles. The van der Waals surface area contributed by atoms with E-state index in [1.54, 1.807) is 30.2 Å². The number of anilines is 1. The molecule has 4 rings (SSSR count). The van der Waals surface area contributed by atoms with Crippen LogP contribution in [0.2, 0.25) is 0 Å². The molecule has 1 atom stereocenters. The highest BCUT2D eigenvalue weighted by Gasteiger charge is 2.36. The largest absolute Gasteiger partial charge is 0.434 e. The summed E-state index contributed by atoms with van der Waals surface area (Å²) >= 11 is 0. The molecule has 0 N–H and O–H groups in total. The van der Waals surface area contributed by atoms with Crippen LogP contribution in [0.3, 0.4) is 0 Å². The van der Waals surface area contributed by atoms with E-state index in [1.165, 1.54) is 4.57 Å². The van der Waals surface area contributed by atoms with Crippen molar-refractivity contribution in [2.45, 2.75) is 24.9 Å². The zero-order valence-corrected chi connectivity index (χ0v) is 13.5. The zero-order valence-electron chi connectivity index (χ0n) is 13.5. The summed E-state index contributed by atoms with van der Waals surface area (Å²) in [5, 5.41) is 7.97. The minimum atomic E-state index is -4.43. The van der Waals surface area contributed by atoms with Crippen molar-refractivity contribution >= 4 is 11.5 Å². The van der Waals surface area contributed by atoms with Crippen LogP contribution in [-0.4, -0.2) is 42.2 Å². The van der Waals surface area contributed by atoms with Crippen LogP contribution in [-0.2, 0) is 13.2 Å². The molecule has 3 aromatic rings. The van der Waals surface area contributed by atoms with Crippen molar-refractivity contribution < 1.29 is 13.2 Å². The maximum absolute atomic E-state index is 12.9. The summed E-state index contributed by atoms with van der Waals surface area (Å²) < 4.78 is 42.0. The van der Waals surface area contributed by atoms with Crippen LogP contribution in [0.5, 0.6) is 0 Å². The second-order valence-corrected chi connectivity index (χ2v) is 6.19. The molecular weight excluding hydrogens is 335 g/mol. The minimum absolute atomic E-state index is 0.0974. The van der Waals surface area contributed by atoms with Gasteiger partial charge in [-0.3, -0.25) is 4.40 Å². The number of imidazole rings is 1. The summed E-state index contributed by atoms with van der Waals surface area (Å²) in [6, 6.07) is 0. The number of hydrogen-bond acceptors (Lipinski definition) is 5.